The van der Waals surface area contributed by atoms with Gasteiger partial charge in [-0.1, -0.05) is 51.7 Å². The Balaban J connectivity index is 1.78. The molecule has 0 atom stereocenters. The van der Waals surface area contributed by atoms with Gasteiger partial charge in [-0.05, 0) is 43.2 Å². The van der Waals surface area contributed by atoms with E-state index in [2.05, 4.69) is 22.9 Å². The number of carbonyl (C=O) groups is 2. The highest BCUT2D eigenvalue weighted by Gasteiger charge is 2.08. The first-order valence-electron chi connectivity index (χ1n) is 11.3. The predicted octanol–water partition coefficient (Wildman–Crippen LogP) is 5.23. The van der Waals surface area contributed by atoms with Gasteiger partial charge in [0.1, 0.15) is 5.75 Å². The molecule has 0 aromatic heterocycles. The third kappa shape index (κ3) is 9.55. The fourth-order valence-electron chi connectivity index (χ4n) is 3.06. The monoisotopic (exact) mass is 425 g/mol. The van der Waals surface area contributed by atoms with Crippen molar-refractivity contribution in [2.24, 2.45) is 0 Å². The summed E-state index contributed by atoms with van der Waals surface area (Å²) < 4.78 is 5.81. The SMILES string of the molecule is CCCCCCCOc1cccc(NCC(=O)Nc2cccc(C(=O)NCCC)c2)c1. The number of anilines is 2. The van der Waals surface area contributed by atoms with Crippen LogP contribution < -0.4 is 20.7 Å². The van der Waals surface area contributed by atoms with Gasteiger partial charge >= 0.3 is 0 Å². The third-order valence-corrected chi connectivity index (χ3v) is 4.75. The lowest BCUT2D eigenvalue weighted by atomic mass is 10.2. The predicted molar refractivity (Wildman–Crippen MR) is 127 cm³/mol. The molecule has 2 aromatic rings. The summed E-state index contributed by atoms with van der Waals surface area (Å²) in [4.78, 5) is 24.4. The van der Waals surface area contributed by atoms with Gasteiger partial charge in [-0.15, -0.1) is 0 Å². The Labute approximate surface area is 185 Å². The fourth-order valence-corrected chi connectivity index (χ4v) is 3.06. The lowest BCUT2D eigenvalue weighted by molar-refractivity contribution is -0.114. The summed E-state index contributed by atoms with van der Waals surface area (Å²) in [6.45, 7) is 5.66. The Morgan fingerprint density at radius 1 is 0.871 bits per heavy atom. The number of hydrogen-bond acceptors (Lipinski definition) is 4. The molecular formula is C25H35N3O3. The average molecular weight is 426 g/mol. The van der Waals surface area contributed by atoms with Crippen LogP contribution in [0, 0.1) is 0 Å². The van der Waals surface area contributed by atoms with E-state index < -0.39 is 0 Å². The molecule has 0 spiro atoms. The van der Waals surface area contributed by atoms with E-state index in [-0.39, 0.29) is 18.4 Å². The van der Waals surface area contributed by atoms with E-state index in [1.54, 1.807) is 24.3 Å². The number of ether oxygens (including phenoxy) is 1. The zero-order valence-electron chi connectivity index (χ0n) is 18.7. The molecule has 3 N–H and O–H groups in total. The van der Waals surface area contributed by atoms with Crippen LogP contribution in [0.4, 0.5) is 11.4 Å². The van der Waals surface area contributed by atoms with Crippen molar-refractivity contribution in [3.05, 3.63) is 54.1 Å². The number of nitrogens with one attached hydrogen (secondary N) is 3. The van der Waals surface area contributed by atoms with E-state index in [1.807, 2.05) is 31.2 Å². The van der Waals surface area contributed by atoms with E-state index in [9.17, 15) is 9.59 Å². The number of benzene rings is 2. The van der Waals surface area contributed by atoms with Crippen LogP contribution in [0.2, 0.25) is 0 Å². The second-order valence-electron chi connectivity index (χ2n) is 7.53. The molecule has 6 nitrogen and oxygen atoms in total. The van der Waals surface area contributed by atoms with Gasteiger partial charge in [0, 0.05) is 29.5 Å². The smallest absolute Gasteiger partial charge is 0.251 e. The van der Waals surface area contributed by atoms with Crippen molar-refractivity contribution in [2.75, 3.05) is 30.3 Å². The Hall–Kier alpha value is -3.02. The van der Waals surface area contributed by atoms with Gasteiger partial charge in [-0.2, -0.15) is 0 Å². The lowest BCUT2D eigenvalue weighted by Gasteiger charge is -2.11. The Morgan fingerprint density at radius 3 is 2.45 bits per heavy atom. The molecule has 6 heteroatoms. The van der Waals surface area contributed by atoms with Crippen LogP contribution in [-0.2, 0) is 4.79 Å². The van der Waals surface area contributed by atoms with Crippen molar-refractivity contribution < 1.29 is 14.3 Å². The first-order valence-corrected chi connectivity index (χ1v) is 11.3. The van der Waals surface area contributed by atoms with Gasteiger partial charge in [0.2, 0.25) is 5.91 Å². The van der Waals surface area contributed by atoms with E-state index in [1.165, 1.54) is 25.7 Å². The maximum atomic E-state index is 12.3. The van der Waals surface area contributed by atoms with Crippen molar-refractivity contribution in [2.45, 2.75) is 52.4 Å². The van der Waals surface area contributed by atoms with E-state index in [4.69, 9.17) is 4.74 Å². The summed E-state index contributed by atoms with van der Waals surface area (Å²) in [7, 11) is 0. The first kappa shape index (κ1) is 24.3. The summed E-state index contributed by atoms with van der Waals surface area (Å²) in [5, 5.41) is 8.77. The van der Waals surface area contributed by atoms with Crippen molar-refractivity contribution >= 4 is 23.2 Å². The molecule has 2 aromatic carbocycles. The maximum Gasteiger partial charge on any atom is 0.251 e. The fraction of sp³-hybridized carbons (Fsp3) is 0.440. The number of hydrogen-bond donors (Lipinski definition) is 3. The van der Waals surface area contributed by atoms with Crippen LogP contribution in [0.15, 0.2) is 48.5 Å². The Bertz CT molecular complexity index is 823. The highest BCUT2D eigenvalue weighted by Crippen LogP contribution is 2.18. The van der Waals surface area contributed by atoms with Crippen molar-refractivity contribution in [1.82, 2.24) is 5.32 Å². The molecule has 2 rings (SSSR count). The molecule has 0 aliphatic carbocycles. The normalized spacial score (nSPS) is 10.4. The molecule has 0 bridgehead atoms. The molecule has 2 amide bonds. The summed E-state index contributed by atoms with van der Waals surface area (Å²) in [6.07, 6.45) is 6.88. The Kier molecular flexibility index (Phi) is 11.0. The molecule has 0 heterocycles. The second-order valence-corrected chi connectivity index (χ2v) is 7.53. The quantitative estimate of drug-likeness (QED) is 0.362. The van der Waals surface area contributed by atoms with Crippen LogP contribution in [0.25, 0.3) is 0 Å². The molecule has 0 radical (unpaired) electrons. The van der Waals surface area contributed by atoms with Crippen molar-refractivity contribution in [3.63, 3.8) is 0 Å². The molecule has 0 aliphatic rings. The number of unbranched alkanes of at least 4 members (excludes halogenated alkanes) is 4. The van der Waals surface area contributed by atoms with Gasteiger partial charge in [-0.3, -0.25) is 9.59 Å². The minimum atomic E-state index is -0.187. The van der Waals surface area contributed by atoms with Crippen LogP contribution >= 0.6 is 0 Å². The molecule has 0 fully saturated rings. The zero-order valence-corrected chi connectivity index (χ0v) is 18.7. The van der Waals surface area contributed by atoms with Crippen molar-refractivity contribution in [3.8, 4) is 5.75 Å². The van der Waals surface area contributed by atoms with Gasteiger partial charge in [-0.25, -0.2) is 0 Å². The van der Waals surface area contributed by atoms with Gasteiger partial charge in [0.15, 0.2) is 0 Å². The van der Waals surface area contributed by atoms with Gasteiger partial charge < -0.3 is 20.7 Å². The topological polar surface area (TPSA) is 79.5 Å². The van der Waals surface area contributed by atoms with Crippen LogP contribution in [0.1, 0.15) is 62.7 Å². The molecule has 0 saturated heterocycles. The number of carbonyl (C=O) groups excluding carboxylic acids is 2. The molecule has 0 aliphatic heterocycles. The van der Waals surface area contributed by atoms with Crippen LogP contribution in [-0.4, -0.2) is 31.5 Å². The second kappa shape index (κ2) is 14.1. The molecule has 0 saturated carbocycles. The zero-order chi connectivity index (χ0) is 22.3. The molecular weight excluding hydrogens is 390 g/mol. The van der Waals surface area contributed by atoms with E-state index in [0.29, 0.717) is 24.4 Å². The third-order valence-electron chi connectivity index (χ3n) is 4.75. The first-order chi connectivity index (χ1) is 15.1. The van der Waals surface area contributed by atoms with Crippen molar-refractivity contribution in [1.29, 1.82) is 0 Å². The number of rotatable bonds is 14. The summed E-state index contributed by atoms with van der Waals surface area (Å²) >= 11 is 0. The summed E-state index contributed by atoms with van der Waals surface area (Å²) in [6, 6.07) is 14.6. The molecule has 168 valence electrons. The molecule has 31 heavy (non-hydrogen) atoms. The van der Waals surface area contributed by atoms with Crippen LogP contribution in [0.5, 0.6) is 5.75 Å². The van der Waals surface area contributed by atoms with Gasteiger partial charge in [0.25, 0.3) is 5.91 Å². The van der Waals surface area contributed by atoms with Crippen LogP contribution in [0.3, 0.4) is 0 Å². The largest absolute Gasteiger partial charge is 0.494 e. The Morgan fingerprint density at radius 2 is 1.65 bits per heavy atom. The summed E-state index contributed by atoms with van der Waals surface area (Å²) in [5.74, 6) is 0.471. The lowest BCUT2D eigenvalue weighted by Crippen LogP contribution is -2.24. The maximum absolute atomic E-state index is 12.3. The van der Waals surface area contributed by atoms with E-state index >= 15 is 0 Å². The average Bonchev–Trinajstić information content (AvgIpc) is 2.79. The van der Waals surface area contributed by atoms with E-state index in [0.717, 1.165) is 24.3 Å². The molecule has 0 unspecified atom stereocenters. The minimum Gasteiger partial charge on any atom is -0.494 e. The minimum absolute atomic E-state index is 0.118. The van der Waals surface area contributed by atoms with Gasteiger partial charge in [0.05, 0.1) is 13.2 Å². The highest BCUT2D eigenvalue weighted by atomic mass is 16.5. The highest BCUT2D eigenvalue weighted by molar-refractivity contribution is 5.98. The summed E-state index contributed by atoms with van der Waals surface area (Å²) in [5.41, 5.74) is 1.95. The number of amides is 2. The standard InChI is InChI=1S/C25H35N3O3/c1-3-5-6-7-8-16-31-23-14-10-12-21(18-23)27-19-24(29)28-22-13-9-11-20(17-22)25(30)26-15-4-2/h9-14,17-18,27H,3-8,15-16,19H2,1-2H3,(H,26,30)(H,28,29).